The molecule has 0 aliphatic carbocycles. The van der Waals surface area contributed by atoms with Gasteiger partial charge < -0.3 is 10.2 Å². The summed E-state index contributed by atoms with van der Waals surface area (Å²) in [4.78, 5) is 15.0. The van der Waals surface area contributed by atoms with E-state index in [1.165, 1.54) is 35.1 Å². The lowest BCUT2D eigenvalue weighted by Gasteiger charge is -2.34. The molecule has 2 aliphatic rings. The van der Waals surface area contributed by atoms with Gasteiger partial charge in [-0.05, 0) is 65.6 Å². The summed E-state index contributed by atoms with van der Waals surface area (Å²) in [7, 11) is 0. The van der Waals surface area contributed by atoms with Gasteiger partial charge in [0.1, 0.15) is 0 Å². The average molecular weight is 363 g/mol. The van der Waals surface area contributed by atoms with Crippen LogP contribution < -0.4 is 5.32 Å². The Morgan fingerprint density at radius 3 is 2.59 bits per heavy atom. The van der Waals surface area contributed by atoms with Gasteiger partial charge in [0.05, 0.1) is 0 Å². The molecule has 27 heavy (non-hydrogen) atoms. The molecule has 0 saturated carbocycles. The molecule has 0 spiro atoms. The highest BCUT2D eigenvalue weighted by molar-refractivity contribution is 5.94. The maximum Gasteiger partial charge on any atom is 0.254 e. The van der Waals surface area contributed by atoms with E-state index in [0.29, 0.717) is 6.04 Å². The zero-order chi connectivity index (χ0) is 19.0. The van der Waals surface area contributed by atoms with Crippen LogP contribution in [0, 0.1) is 0 Å². The van der Waals surface area contributed by atoms with Gasteiger partial charge in [-0.3, -0.25) is 4.79 Å². The Morgan fingerprint density at radius 1 is 1.15 bits per heavy atom. The van der Waals surface area contributed by atoms with Crippen LogP contribution in [0.15, 0.2) is 42.5 Å². The van der Waals surface area contributed by atoms with Gasteiger partial charge in [0.15, 0.2) is 0 Å². The van der Waals surface area contributed by atoms with Crippen molar-refractivity contribution in [1.82, 2.24) is 10.2 Å². The third-order valence-electron chi connectivity index (χ3n) is 5.99. The number of hydrogen-bond donors (Lipinski definition) is 1. The molecule has 1 atom stereocenters. The quantitative estimate of drug-likeness (QED) is 0.846. The summed E-state index contributed by atoms with van der Waals surface area (Å²) in [5.74, 6) is 0.145. The molecule has 3 nitrogen and oxygen atoms in total. The SMILES string of the molecule is CC(C)(C)c1cc2c(c([C@@H]3CCCN3)c1)CN(C(=O)c1ccccc1)CC2. The van der Waals surface area contributed by atoms with Crippen molar-refractivity contribution in [2.75, 3.05) is 13.1 Å². The Hall–Kier alpha value is -2.13. The molecule has 2 aliphatic heterocycles. The molecule has 142 valence electrons. The second kappa shape index (κ2) is 7.12. The Kier molecular flexibility index (Phi) is 4.81. The van der Waals surface area contributed by atoms with E-state index in [1.807, 2.05) is 35.2 Å². The monoisotopic (exact) mass is 362 g/mol. The van der Waals surface area contributed by atoms with Crippen LogP contribution >= 0.6 is 0 Å². The molecule has 3 heteroatoms. The van der Waals surface area contributed by atoms with Gasteiger partial charge in [-0.25, -0.2) is 0 Å². The van der Waals surface area contributed by atoms with Gasteiger partial charge in [-0.1, -0.05) is 51.1 Å². The summed E-state index contributed by atoms with van der Waals surface area (Å²) < 4.78 is 0. The topological polar surface area (TPSA) is 32.3 Å². The molecular weight excluding hydrogens is 332 g/mol. The van der Waals surface area contributed by atoms with Gasteiger partial charge in [0, 0.05) is 24.7 Å². The highest BCUT2D eigenvalue weighted by atomic mass is 16.2. The first-order chi connectivity index (χ1) is 12.9. The maximum absolute atomic E-state index is 13.0. The van der Waals surface area contributed by atoms with Crippen molar-refractivity contribution in [3.8, 4) is 0 Å². The minimum Gasteiger partial charge on any atom is -0.334 e. The minimum absolute atomic E-state index is 0.138. The van der Waals surface area contributed by atoms with E-state index in [-0.39, 0.29) is 11.3 Å². The molecule has 2 aromatic rings. The Morgan fingerprint density at radius 2 is 1.93 bits per heavy atom. The number of hydrogen-bond acceptors (Lipinski definition) is 2. The van der Waals surface area contributed by atoms with E-state index < -0.39 is 0 Å². The van der Waals surface area contributed by atoms with Crippen LogP contribution in [-0.2, 0) is 18.4 Å². The number of amides is 1. The van der Waals surface area contributed by atoms with E-state index in [4.69, 9.17) is 0 Å². The molecule has 0 unspecified atom stereocenters. The Labute approximate surface area is 162 Å². The van der Waals surface area contributed by atoms with Gasteiger partial charge in [-0.15, -0.1) is 0 Å². The summed E-state index contributed by atoms with van der Waals surface area (Å²) in [6.07, 6.45) is 3.36. The zero-order valence-corrected chi connectivity index (χ0v) is 16.7. The van der Waals surface area contributed by atoms with E-state index >= 15 is 0 Å². The summed E-state index contributed by atoms with van der Waals surface area (Å²) >= 11 is 0. The van der Waals surface area contributed by atoms with Crippen molar-refractivity contribution >= 4 is 5.91 Å². The highest BCUT2D eigenvalue weighted by Gasteiger charge is 2.29. The second-order valence-corrected chi connectivity index (χ2v) is 8.94. The highest BCUT2D eigenvalue weighted by Crippen LogP contribution is 2.36. The van der Waals surface area contributed by atoms with Crippen LogP contribution in [-0.4, -0.2) is 23.9 Å². The third kappa shape index (κ3) is 3.66. The van der Waals surface area contributed by atoms with Crippen LogP contribution in [0.3, 0.4) is 0 Å². The van der Waals surface area contributed by atoms with Crippen LogP contribution in [0.5, 0.6) is 0 Å². The maximum atomic E-state index is 13.0. The molecule has 2 aromatic carbocycles. The third-order valence-corrected chi connectivity index (χ3v) is 5.99. The fourth-order valence-electron chi connectivity index (χ4n) is 4.33. The van der Waals surface area contributed by atoms with Gasteiger partial charge >= 0.3 is 0 Å². The molecule has 1 N–H and O–H groups in total. The van der Waals surface area contributed by atoms with Crippen LogP contribution in [0.2, 0.25) is 0 Å². The summed E-state index contributed by atoms with van der Waals surface area (Å²) in [5.41, 5.74) is 6.56. The van der Waals surface area contributed by atoms with Crippen molar-refractivity contribution in [3.63, 3.8) is 0 Å². The fraction of sp³-hybridized carbons (Fsp3) is 0.458. The zero-order valence-electron chi connectivity index (χ0n) is 16.7. The molecule has 0 radical (unpaired) electrons. The molecule has 1 fully saturated rings. The number of benzene rings is 2. The molecule has 2 heterocycles. The molecule has 1 amide bonds. The van der Waals surface area contributed by atoms with Crippen LogP contribution in [0.1, 0.15) is 72.3 Å². The van der Waals surface area contributed by atoms with E-state index in [9.17, 15) is 4.79 Å². The first kappa shape index (κ1) is 18.2. The van der Waals surface area contributed by atoms with Crippen LogP contribution in [0.4, 0.5) is 0 Å². The van der Waals surface area contributed by atoms with Crippen LogP contribution in [0.25, 0.3) is 0 Å². The van der Waals surface area contributed by atoms with Gasteiger partial charge in [0.2, 0.25) is 0 Å². The normalized spacial score (nSPS) is 19.8. The molecule has 0 bridgehead atoms. The number of carbonyl (C=O) groups excluding carboxylic acids is 1. The second-order valence-electron chi connectivity index (χ2n) is 8.94. The summed E-state index contributed by atoms with van der Waals surface area (Å²) in [6.45, 7) is 9.47. The molecule has 0 aromatic heterocycles. The van der Waals surface area contributed by atoms with Gasteiger partial charge in [0.25, 0.3) is 5.91 Å². The lowest BCUT2D eigenvalue weighted by atomic mass is 9.80. The summed E-state index contributed by atoms with van der Waals surface area (Å²) in [5, 5.41) is 3.67. The minimum atomic E-state index is 0.138. The molecule has 1 saturated heterocycles. The Balaban J connectivity index is 1.70. The fourth-order valence-corrected chi connectivity index (χ4v) is 4.33. The predicted octanol–water partition coefficient (Wildman–Crippen LogP) is 4.61. The number of nitrogens with one attached hydrogen (secondary N) is 1. The molecular formula is C24H30N2O. The Bertz CT molecular complexity index is 829. The number of fused-ring (bicyclic) bond motifs is 1. The first-order valence-corrected chi connectivity index (χ1v) is 10.2. The van der Waals surface area contributed by atoms with Crippen molar-refractivity contribution in [1.29, 1.82) is 0 Å². The van der Waals surface area contributed by atoms with Crippen molar-refractivity contribution in [2.45, 2.75) is 58.0 Å². The van der Waals surface area contributed by atoms with E-state index in [0.717, 1.165) is 31.6 Å². The molecule has 4 rings (SSSR count). The van der Waals surface area contributed by atoms with Crippen molar-refractivity contribution < 1.29 is 4.79 Å². The number of rotatable bonds is 2. The van der Waals surface area contributed by atoms with E-state index in [2.05, 4.69) is 38.2 Å². The number of nitrogens with zero attached hydrogens (tertiary/aromatic N) is 1. The smallest absolute Gasteiger partial charge is 0.254 e. The average Bonchev–Trinajstić information content (AvgIpc) is 3.20. The van der Waals surface area contributed by atoms with Crippen molar-refractivity contribution in [2.24, 2.45) is 0 Å². The number of carbonyl (C=O) groups is 1. The van der Waals surface area contributed by atoms with Gasteiger partial charge in [-0.2, -0.15) is 0 Å². The lowest BCUT2D eigenvalue weighted by Crippen LogP contribution is -2.37. The predicted molar refractivity (Wildman–Crippen MR) is 110 cm³/mol. The largest absolute Gasteiger partial charge is 0.334 e. The standard InChI is InChI=1S/C24H30N2O/c1-24(2,3)19-14-18-11-13-26(23(27)17-8-5-4-6-9-17)16-21(18)20(15-19)22-10-7-12-25-22/h4-6,8-9,14-15,22,25H,7,10-13,16H2,1-3H3/t22-/m0/s1. The van der Waals surface area contributed by atoms with E-state index in [1.54, 1.807) is 0 Å². The van der Waals surface area contributed by atoms with Crippen molar-refractivity contribution in [3.05, 3.63) is 70.3 Å². The lowest BCUT2D eigenvalue weighted by molar-refractivity contribution is 0.0734. The first-order valence-electron chi connectivity index (χ1n) is 10.2. The summed E-state index contributed by atoms with van der Waals surface area (Å²) in [6, 6.07) is 14.9.